The average Bonchev–Trinajstić information content (AvgIpc) is 2.58. The fourth-order valence-electron chi connectivity index (χ4n) is 2.20. The van der Waals surface area contributed by atoms with Crippen LogP contribution >= 0.6 is 15.9 Å². The predicted molar refractivity (Wildman–Crippen MR) is 94.4 cm³/mol. The Bertz CT molecular complexity index is 1000. The molecule has 126 valence electrons. The lowest BCUT2D eigenvalue weighted by atomic mass is 10.2. The second-order valence-corrected chi connectivity index (χ2v) is 6.09. The van der Waals surface area contributed by atoms with Gasteiger partial charge in [-0.25, -0.2) is 14.1 Å². The van der Waals surface area contributed by atoms with Gasteiger partial charge in [0.25, 0.3) is 5.91 Å². The van der Waals surface area contributed by atoms with Crippen molar-refractivity contribution in [2.45, 2.75) is 6.92 Å². The normalized spacial score (nSPS) is 10.5. The summed E-state index contributed by atoms with van der Waals surface area (Å²) >= 11 is 3.24. The summed E-state index contributed by atoms with van der Waals surface area (Å²) in [5.74, 6) is -0.958. The molecule has 1 amide bonds. The van der Waals surface area contributed by atoms with E-state index in [9.17, 15) is 14.0 Å². The minimum Gasteiger partial charge on any atom is -0.305 e. The van der Waals surface area contributed by atoms with E-state index in [1.165, 1.54) is 29.1 Å². The van der Waals surface area contributed by atoms with Crippen LogP contribution in [0.3, 0.4) is 0 Å². The molecule has 3 aromatic rings. The van der Waals surface area contributed by atoms with Gasteiger partial charge in [0.2, 0.25) is 5.43 Å². The average molecular weight is 403 g/mol. The summed E-state index contributed by atoms with van der Waals surface area (Å²) in [6.07, 6.45) is 1.51. The van der Waals surface area contributed by atoms with Gasteiger partial charge in [-0.2, -0.15) is 5.10 Å². The van der Waals surface area contributed by atoms with E-state index < -0.39 is 17.2 Å². The SMILES string of the molecule is Cc1cc(=O)c(C(=O)Nc2ccc(Br)cn2)nn1-c1ccccc1F. The Labute approximate surface area is 150 Å². The summed E-state index contributed by atoms with van der Waals surface area (Å²) in [5.41, 5.74) is -0.345. The van der Waals surface area contributed by atoms with Crippen LogP contribution in [0, 0.1) is 12.7 Å². The molecular weight excluding hydrogens is 391 g/mol. The van der Waals surface area contributed by atoms with Crippen LogP contribution in [0.15, 0.2) is 57.9 Å². The number of para-hydroxylation sites is 1. The van der Waals surface area contributed by atoms with Gasteiger partial charge in [0.05, 0.1) is 0 Å². The highest BCUT2D eigenvalue weighted by Crippen LogP contribution is 2.14. The summed E-state index contributed by atoms with van der Waals surface area (Å²) in [6.45, 7) is 1.61. The lowest BCUT2D eigenvalue weighted by Crippen LogP contribution is -2.27. The molecule has 0 aliphatic carbocycles. The molecule has 3 rings (SSSR count). The second-order valence-electron chi connectivity index (χ2n) is 5.18. The molecule has 0 aliphatic rings. The zero-order chi connectivity index (χ0) is 18.0. The zero-order valence-corrected chi connectivity index (χ0v) is 14.6. The zero-order valence-electron chi connectivity index (χ0n) is 13.0. The van der Waals surface area contributed by atoms with E-state index in [4.69, 9.17) is 0 Å². The number of aryl methyl sites for hydroxylation is 1. The molecule has 8 heteroatoms. The molecule has 1 N–H and O–H groups in total. The van der Waals surface area contributed by atoms with E-state index in [0.717, 1.165) is 4.47 Å². The van der Waals surface area contributed by atoms with Gasteiger partial charge in [-0.05, 0) is 47.1 Å². The van der Waals surface area contributed by atoms with Gasteiger partial charge in [-0.15, -0.1) is 0 Å². The van der Waals surface area contributed by atoms with Crippen LogP contribution in [-0.2, 0) is 0 Å². The van der Waals surface area contributed by atoms with Crippen molar-refractivity contribution in [1.82, 2.24) is 14.8 Å². The van der Waals surface area contributed by atoms with Crippen molar-refractivity contribution in [3.8, 4) is 5.69 Å². The van der Waals surface area contributed by atoms with Gasteiger partial charge in [0.15, 0.2) is 5.69 Å². The third kappa shape index (κ3) is 3.63. The van der Waals surface area contributed by atoms with Crippen LogP contribution in [-0.4, -0.2) is 20.7 Å². The van der Waals surface area contributed by atoms with E-state index in [-0.39, 0.29) is 17.2 Å². The molecule has 1 aromatic carbocycles. The number of anilines is 1. The highest BCUT2D eigenvalue weighted by Gasteiger charge is 2.17. The molecule has 0 spiro atoms. The molecule has 0 bridgehead atoms. The number of rotatable bonds is 3. The molecule has 0 aliphatic heterocycles. The monoisotopic (exact) mass is 402 g/mol. The number of hydrogen-bond acceptors (Lipinski definition) is 4. The number of nitrogens with one attached hydrogen (secondary N) is 1. The number of benzene rings is 1. The number of carbonyl (C=O) groups is 1. The van der Waals surface area contributed by atoms with E-state index in [1.54, 1.807) is 31.2 Å². The number of amides is 1. The Morgan fingerprint density at radius 2 is 2.00 bits per heavy atom. The van der Waals surface area contributed by atoms with Gasteiger partial charge >= 0.3 is 0 Å². The third-order valence-corrected chi connectivity index (χ3v) is 3.84. The van der Waals surface area contributed by atoms with Gasteiger partial charge in [0, 0.05) is 22.4 Å². The Balaban J connectivity index is 2.00. The lowest BCUT2D eigenvalue weighted by Gasteiger charge is -2.11. The van der Waals surface area contributed by atoms with Crippen molar-refractivity contribution in [3.63, 3.8) is 0 Å². The van der Waals surface area contributed by atoms with E-state index in [1.807, 2.05) is 0 Å². The smallest absolute Gasteiger partial charge is 0.281 e. The summed E-state index contributed by atoms with van der Waals surface area (Å²) in [7, 11) is 0. The molecule has 2 heterocycles. The molecule has 6 nitrogen and oxygen atoms in total. The van der Waals surface area contributed by atoms with Gasteiger partial charge in [0.1, 0.15) is 17.3 Å². The van der Waals surface area contributed by atoms with Crippen molar-refractivity contribution in [3.05, 3.63) is 80.6 Å². The number of nitrogens with zero attached hydrogens (tertiary/aromatic N) is 3. The Morgan fingerprint density at radius 3 is 2.68 bits per heavy atom. The minimum absolute atomic E-state index is 0.149. The summed E-state index contributed by atoms with van der Waals surface area (Å²) in [5, 5.41) is 6.53. The number of hydrogen-bond donors (Lipinski definition) is 1. The molecule has 2 aromatic heterocycles. The maximum absolute atomic E-state index is 14.0. The first-order valence-corrected chi connectivity index (χ1v) is 8.04. The Kier molecular flexibility index (Phi) is 4.71. The number of carbonyl (C=O) groups excluding carboxylic acids is 1. The Morgan fingerprint density at radius 1 is 1.24 bits per heavy atom. The first kappa shape index (κ1) is 17.0. The number of pyridine rings is 1. The summed E-state index contributed by atoms with van der Waals surface area (Å²) < 4.78 is 16.0. The highest BCUT2D eigenvalue weighted by atomic mass is 79.9. The molecular formula is C17H12BrFN4O2. The maximum Gasteiger partial charge on any atom is 0.281 e. The van der Waals surface area contributed by atoms with E-state index in [2.05, 4.69) is 31.3 Å². The number of aromatic nitrogens is 3. The topological polar surface area (TPSA) is 76.9 Å². The van der Waals surface area contributed by atoms with Crippen LogP contribution < -0.4 is 10.7 Å². The van der Waals surface area contributed by atoms with Crippen molar-refractivity contribution in [2.24, 2.45) is 0 Å². The molecule has 0 fully saturated rings. The van der Waals surface area contributed by atoms with E-state index >= 15 is 0 Å². The molecule has 0 radical (unpaired) electrons. The van der Waals surface area contributed by atoms with Gasteiger partial charge in [-0.1, -0.05) is 12.1 Å². The molecule has 0 saturated carbocycles. The highest BCUT2D eigenvalue weighted by molar-refractivity contribution is 9.10. The predicted octanol–water partition coefficient (Wildman–Crippen LogP) is 3.09. The first-order chi connectivity index (χ1) is 12.0. The second kappa shape index (κ2) is 6.94. The summed E-state index contributed by atoms with van der Waals surface area (Å²) in [6, 6.07) is 10.5. The Hall–Kier alpha value is -2.87. The van der Waals surface area contributed by atoms with Crippen LogP contribution in [0.25, 0.3) is 5.69 Å². The van der Waals surface area contributed by atoms with E-state index in [0.29, 0.717) is 5.69 Å². The van der Waals surface area contributed by atoms with Crippen molar-refractivity contribution in [1.29, 1.82) is 0 Å². The fraction of sp³-hybridized carbons (Fsp3) is 0.0588. The molecule has 0 atom stereocenters. The van der Waals surface area contributed by atoms with Gasteiger partial charge in [-0.3, -0.25) is 9.59 Å². The standard InChI is InChI=1S/C17H12BrFN4O2/c1-10-8-14(24)16(17(25)21-15-7-6-11(18)9-20-15)22-23(10)13-5-3-2-4-12(13)19/h2-9H,1H3,(H,20,21,25). The maximum atomic E-state index is 14.0. The van der Waals surface area contributed by atoms with Crippen LogP contribution in [0.5, 0.6) is 0 Å². The van der Waals surface area contributed by atoms with Crippen LogP contribution in [0.1, 0.15) is 16.2 Å². The van der Waals surface area contributed by atoms with Crippen molar-refractivity contribution >= 4 is 27.7 Å². The first-order valence-electron chi connectivity index (χ1n) is 7.24. The van der Waals surface area contributed by atoms with Crippen LogP contribution in [0.2, 0.25) is 0 Å². The largest absolute Gasteiger partial charge is 0.305 e. The fourth-order valence-corrected chi connectivity index (χ4v) is 2.43. The van der Waals surface area contributed by atoms with Gasteiger partial charge < -0.3 is 5.32 Å². The summed E-state index contributed by atoms with van der Waals surface area (Å²) in [4.78, 5) is 28.5. The van der Waals surface area contributed by atoms with Crippen molar-refractivity contribution in [2.75, 3.05) is 5.32 Å². The molecule has 0 unspecified atom stereocenters. The molecule has 25 heavy (non-hydrogen) atoms. The lowest BCUT2D eigenvalue weighted by molar-refractivity contribution is 0.101. The number of halogens is 2. The third-order valence-electron chi connectivity index (χ3n) is 3.37. The minimum atomic E-state index is -0.718. The van der Waals surface area contributed by atoms with Crippen LogP contribution in [0.4, 0.5) is 10.2 Å². The van der Waals surface area contributed by atoms with Crippen molar-refractivity contribution < 1.29 is 9.18 Å². The quantitative estimate of drug-likeness (QED) is 0.729. The molecule has 0 saturated heterocycles.